The van der Waals surface area contributed by atoms with Crippen molar-refractivity contribution in [3.05, 3.63) is 62.0 Å². The Hall–Kier alpha value is -2.03. The van der Waals surface area contributed by atoms with E-state index in [0.29, 0.717) is 11.6 Å². The van der Waals surface area contributed by atoms with Crippen LogP contribution in [0.2, 0.25) is 5.02 Å². The first-order valence-corrected chi connectivity index (χ1v) is 7.69. The molecule has 0 unspecified atom stereocenters. The molecular weight excluding hydrogens is 346 g/mol. The van der Waals surface area contributed by atoms with E-state index in [1.165, 1.54) is 11.4 Å². The van der Waals surface area contributed by atoms with Crippen molar-refractivity contribution < 1.29 is 9.72 Å². The maximum atomic E-state index is 11.9. The molecule has 0 aliphatic heterocycles. The van der Waals surface area contributed by atoms with Gasteiger partial charge >= 0.3 is 5.00 Å². The zero-order valence-electron chi connectivity index (χ0n) is 11.0. The predicted molar refractivity (Wildman–Crippen MR) is 89.3 cm³/mol. The van der Waals surface area contributed by atoms with Gasteiger partial charge in [-0.1, -0.05) is 35.1 Å². The van der Waals surface area contributed by atoms with Crippen LogP contribution in [0.3, 0.4) is 0 Å². The van der Waals surface area contributed by atoms with Crippen LogP contribution in [-0.4, -0.2) is 15.9 Å². The Balaban J connectivity index is 1.88. The second kappa shape index (κ2) is 7.30. The van der Waals surface area contributed by atoms with Gasteiger partial charge in [0.05, 0.1) is 10.5 Å². The van der Waals surface area contributed by atoms with E-state index >= 15 is 0 Å². The Morgan fingerprint density at radius 3 is 2.82 bits per heavy atom. The lowest BCUT2D eigenvalue weighted by molar-refractivity contribution is -0.380. The topological polar surface area (TPSA) is 84.3 Å². The molecule has 1 amide bonds. The molecule has 1 heterocycles. The summed E-state index contributed by atoms with van der Waals surface area (Å²) in [6.45, 7) is 0.406. The van der Waals surface area contributed by atoms with Gasteiger partial charge < -0.3 is 5.32 Å². The van der Waals surface area contributed by atoms with Gasteiger partial charge in [0.25, 0.3) is 5.91 Å². The molecule has 0 aliphatic rings. The minimum atomic E-state index is -0.544. The number of halogens is 1. The van der Waals surface area contributed by atoms with Crippen LogP contribution in [0.5, 0.6) is 0 Å². The number of carbonyl (C=O) groups is 1. The highest BCUT2D eigenvalue weighted by atomic mass is 35.5. The number of nitrogens with one attached hydrogen (secondary N) is 2. The number of rotatable bonds is 4. The average molecular weight is 356 g/mol. The van der Waals surface area contributed by atoms with Gasteiger partial charge in [-0.25, -0.2) is 0 Å². The van der Waals surface area contributed by atoms with Crippen molar-refractivity contribution in [1.29, 1.82) is 0 Å². The van der Waals surface area contributed by atoms with Crippen molar-refractivity contribution in [3.63, 3.8) is 0 Å². The lowest BCUT2D eigenvalue weighted by Crippen LogP contribution is -2.38. The van der Waals surface area contributed by atoms with Crippen molar-refractivity contribution in [2.45, 2.75) is 6.54 Å². The zero-order chi connectivity index (χ0) is 16.1. The Kier molecular flexibility index (Phi) is 5.42. The fraction of sp³-hybridized carbons (Fsp3) is 0.0769. The Morgan fingerprint density at radius 2 is 2.18 bits per heavy atom. The normalized spacial score (nSPS) is 10.0. The number of amides is 1. The van der Waals surface area contributed by atoms with Crippen LogP contribution in [-0.2, 0) is 6.54 Å². The summed E-state index contributed by atoms with van der Waals surface area (Å²) in [5.41, 5.74) is 1.11. The van der Waals surface area contributed by atoms with Crippen LogP contribution in [0.25, 0.3) is 0 Å². The molecule has 0 saturated carbocycles. The van der Waals surface area contributed by atoms with E-state index in [1.807, 2.05) is 12.1 Å². The van der Waals surface area contributed by atoms with Crippen LogP contribution in [0.4, 0.5) is 5.00 Å². The fourth-order valence-electron chi connectivity index (χ4n) is 1.59. The van der Waals surface area contributed by atoms with Gasteiger partial charge in [-0.2, -0.15) is 0 Å². The van der Waals surface area contributed by atoms with Crippen LogP contribution in [0.15, 0.2) is 35.7 Å². The van der Waals surface area contributed by atoms with E-state index in [1.54, 1.807) is 12.1 Å². The van der Waals surface area contributed by atoms with Gasteiger partial charge in [0.1, 0.15) is 0 Å². The van der Waals surface area contributed by atoms with E-state index in [9.17, 15) is 14.9 Å². The average Bonchev–Trinajstić information content (AvgIpc) is 2.95. The van der Waals surface area contributed by atoms with Crippen LogP contribution in [0.1, 0.15) is 15.9 Å². The number of thiocarbonyl (C=S) groups is 1. The highest BCUT2D eigenvalue weighted by Crippen LogP contribution is 2.22. The highest BCUT2D eigenvalue weighted by molar-refractivity contribution is 7.80. The number of nitrogens with zero attached hydrogens (tertiary/aromatic N) is 1. The Labute approximate surface area is 140 Å². The summed E-state index contributed by atoms with van der Waals surface area (Å²) in [4.78, 5) is 21.9. The smallest absolute Gasteiger partial charge is 0.324 e. The van der Waals surface area contributed by atoms with Crippen molar-refractivity contribution in [1.82, 2.24) is 10.6 Å². The molecule has 1 aromatic carbocycles. The molecule has 1 aromatic heterocycles. The lowest BCUT2D eigenvalue weighted by atomic mass is 10.2. The summed E-state index contributed by atoms with van der Waals surface area (Å²) in [5.74, 6) is -0.493. The van der Waals surface area contributed by atoms with E-state index in [0.717, 1.165) is 16.9 Å². The summed E-state index contributed by atoms with van der Waals surface area (Å²) in [7, 11) is 0. The van der Waals surface area contributed by atoms with Crippen molar-refractivity contribution in [2.24, 2.45) is 0 Å². The standard InChI is InChI=1S/C13H10ClN3O3S2/c14-10-3-1-2-8(4-10)6-15-13(21)16-12(18)9-5-11(17(19)20)22-7-9/h1-5,7H,6H2,(H2,15,16,18,21). The number of hydrogen-bond acceptors (Lipinski definition) is 5. The SMILES string of the molecule is O=C(NC(=S)NCc1cccc(Cl)c1)c1csc([N+](=O)[O-])c1. The molecule has 0 bridgehead atoms. The molecule has 114 valence electrons. The maximum Gasteiger partial charge on any atom is 0.324 e. The third-order valence-corrected chi connectivity index (χ3v) is 3.96. The molecule has 9 heteroatoms. The van der Waals surface area contributed by atoms with Gasteiger partial charge in [-0.05, 0) is 29.9 Å². The first kappa shape index (κ1) is 16.3. The number of benzene rings is 1. The van der Waals surface area contributed by atoms with Crippen molar-refractivity contribution >= 4 is 51.2 Å². The van der Waals surface area contributed by atoms with E-state index in [2.05, 4.69) is 10.6 Å². The van der Waals surface area contributed by atoms with Crippen LogP contribution >= 0.6 is 35.2 Å². The monoisotopic (exact) mass is 355 g/mol. The first-order valence-electron chi connectivity index (χ1n) is 6.02. The molecule has 0 saturated heterocycles. The largest absolute Gasteiger partial charge is 0.358 e. The minimum Gasteiger partial charge on any atom is -0.358 e. The molecular formula is C13H10ClN3O3S2. The minimum absolute atomic E-state index is 0.0945. The van der Waals surface area contributed by atoms with E-state index in [-0.39, 0.29) is 15.7 Å². The lowest BCUT2D eigenvalue weighted by Gasteiger charge is -2.09. The van der Waals surface area contributed by atoms with Gasteiger partial charge in [0.15, 0.2) is 5.11 Å². The fourth-order valence-corrected chi connectivity index (χ4v) is 2.67. The molecule has 2 N–H and O–H groups in total. The second-order valence-corrected chi connectivity index (χ2v) is 5.93. The van der Waals surface area contributed by atoms with E-state index in [4.69, 9.17) is 23.8 Å². The first-order chi connectivity index (χ1) is 10.5. The maximum absolute atomic E-state index is 11.9. The predicted octanol–water partition coefficient (Wildman–Crippen LogP) is 3.11. The number of thiophene rings is 1. The van der Waals surface area contributed by atoms with Gasteiger partial charge in [-0.15, -0.1) is 0 Å². The van der Waals surface area contributed by atoms with Crippen LogP contribution in [0, 0.1) is 10.1 Å². The summed E-state index contributed by atoms with van der Waals surface area (Å²) < 4.78 is 0. The molecule has 0 aliphatic carbocycles. The quantitative estimate of drug-likeness (QED) is 0.500. The molecule has 0 fully saturated rings. The molecule has 0 atom stereocenters. The van der Waals surface area contributed by atoms with Crippen LogP contribution < -0.4 is 10.6 Å². The summed E-state index contributed by atoms with van der Waals surface area (Å²) >= 11 is 11.8. The third-order valence-electron chi connectivity index (χ3n) is 2.60. The summed E-state index contributed by atoms with van der Waals surface area (Å²) in [5, 5.41) is 18.0. The molecule has 0 radical (unpaired) electrons. The molecule has 0 spiro atoms. The molecule has 2 rings (SSSR count). The van der Waals surface area contributed by atoms with Gasteiger partial charge in [0.2, 0.25) is 0 Å². The third kappa shape index (κ3) is 4.48. The summed E-state index contributed by atoms with van der Waals surface area (Å²) in [6.07, 6.45) is 0. The molecule has 22 heavy (non-hydrogen) atoms. The highest BCUT2D eigenvalue weighted by Gasteiger charge is 2.15. The number of nitro groups is 1. The van der Waals surface area contributed by atoms with Gasteiger partial charge in [0, 0.05) is 23.0 Å². The molecule has 6 nitrogen and oxygen atoms in total. The number of carbonyl (C=O) groups excluding carboxylic acids is 1. The zero-order valence-corrected chi connectivity index (χ0v) is 13.4. The van der Waals surface area contributed by atoms with Gasteiger partial charge in [-0.3, -0.25) is 20.2 Å². The molecule has 2 aromatic rings. The summed E-state index contributed by atoms with van der Waals surface area (Å²) in [6, 6.07) is 8.42. The Bertz CT molecular complexity index is 733. The number of hydrogen-bond donors (Lipinski definition) is 2. The second-order valence-electron chi connectivity index (χ2n) is 4.20. The van der Waals surface area contributed by atoms with E-state index < -0.39 is 10.8 Å². The Morgan fingerprint density at radius 1 is 1.41 bits per heavy atom. The van der Waals surface area contributed by atoms with Crippen molar-refractivity contribution in [2.75, 3.05) is 0 Å². The van der Waals surface area contributed by atoms with Crippen molar-refractivity contribution in [3.8, 4) is 0 Å².